The average Bonchev–Trinajstić information content (AvgIpc) is 2.55. The Morgan fingerprint density at radius 3 is 2.73 bits per heavy atom. The molecule has 2 fully saturated rings. The summed E-state index contributed by atoms with van der Waals surface area (Å²) in [5.74, 6) is 0. The molecule has 1 aliphatic carbocycles. The van der Waals surface area contributed by atoms with Gasteiger partial charge in [0, 0.05) is 43.6 Å². The maximum Gasteiger partial charge on any atom is 0.0695 e. The van der Waals surface area contributed by atoms with E-state index in [-0.39, 0.29) is 6.10 Å². The maximum atomic E-state index is 10.2. The highest BCUT2D eigenvalue weighted by Gasteiger charge is 2.31. The Kier molecular flexibility index (Phi) is 5.45. The van der Waals surface area contributed by atoms with Gasteiger partial charge in [-0.15, -0.1) is 0 Å². The molecule has 122 valence electrons. The van der Waals surface area contributed by atoms with Gasteiger partial charge in [-0.05, 0) is 44.2 Å². The van der Waals surface area contributed by atoms with E-state index >= 15 is 0 Å². The van der Waals surface area contributed by atoms with Gasteiger partial charge in [-0.1, -0.05) is 18.9 Å². The quantitative estimate of drug-likeness (QED) is 0.896. The van der Waals surface area contributed by atoms with Gasteiger partial charge in [0.25, 0.3) is 0 Å². The molecule has 2 aliphatic rings. The third-order valence-corrected chi connectivity index (χ3v) is 5.39. The summed E-state index contributed by atoms with van der Waals surface area (Å²) in [7, 11) is 0. The zero-order valence-electron chi connectivity index (χ0n) is 13.7. The number of hydrogen-bond acceptors (Lipinski definition) is 4. The second-order valence-corrected chi connectivity index (χ2v) is 6.86. The van der Waals surface area contributed by atoms with Crippen LogP contribution in [-0.2, 0) is 6.54 Å². The zero-order valence-corrected chi connectivity index (χ0v) is 13.7. The van der Waals surface area contributed by atoms with Crippen molar-refractivity contribution in [3.8, 4) is 0 Å². The van der Waals surface area contributed by atoms with Crippen molar-refractivity contribution in [1.82, 2.24) is 15.2 Å². The van der Waals surface area contributed by atoms with Crippen LogP contribution in [0.5, 0.6) is 0 Å². The number of aromatic nitrogens is 1. The predicted molar refractivity (Wildman–Crippen MR) is 88.7 cm³/mol. The van der Waals surface area contributed by atoms with Crippen LogP contribution < -0.4 is 5.32 Å². The molecule has 0 amide bonds. The largest absolute Gasteiger partial charge is 0.391 e. The molecule has 2 unspecified atom stereocenters. The Morgan fingerprint density at radius 2 is 2.00 bits per heavy atom. The number of aryl methyl sites for hydroxylation is 1. The lowest BCUT2D eigenvalue weighted by molar-refractivity contribution is 0.00713. The van der Waals surface area contributed by atoms with Crippen molar-refractivity contribution in [2.45, 2.75) is 70.2 Å². The Bertz CT molecular complexity index is 471. The van der Waals surface area contributed by atoms with Crippen LogP contribution in [0.25, 0.3) is 0 Å². The normalized spacial score (nSPS) is 27.9. The lowest BCUT2D eigenvalue weighted by atomic mass is 9.89. The lowest BCUT2D eigenvalue weighted by Gasteiger charge is -2.41. The highest BCUT2D eigenvalue weighted by molar-refractivity contribution is 5.17. The van der Waals surface area contributed by atoms with E-state index in [1.165, 1.54) is 37.7 Å². The van der Waals surface area contributed by atoms with E-state index in [0.717, 1.165) is 31.7 Å². The second kappa shape index (κ2) is 7.53. The van der Waals surface area contributed by atoms with Gasteiger partial charge < -0.3 is 10.4 Å². The molecule has 22 heavy (non-hydrogen) atoms. The number of piperidine rings is 1. The Morgan fingerprint density at radius 1 is 1.23 bits per heavy atom. The van der Waals surface area contributed by atoms with Gasteiger partial charge in [0.05, 0.1) is 6.10 Å². The molecule has 1 saturated heterocycles. The van der Waals surface area contributed by atoms with Crippen molar-refractivity contribution in [2.75, 3.05) is 13.1 Å². The van der Waals surface area contributed by atoms with Crippen LogP contribution in [0, 0.1) is 6.92 Å². The van der Waals surface area contributed by atoms with Crippen LogP contribution in [-0.4, -0.2) is 46.3 Å². The van der Waals surface area contributed by atoms with Gasteiger partial charge in [0.1, 0.15) is 0 Å². The molecular weight excluding hydrogens is 274 g/mol. The maximum absolute atomic E-state index is 10.2. The summed E-state index contributed by atoms with van der Waals surface area (Å²) in [5, 5.41) is 13.9. The zero-order chi connectivity index (χ0) is 15.4. The fraction of sp³-hybridized carbons (Fsp3) is 0.722. The van der Waals surface area contributed by atoms with Gasteiger partial charge in [-0.25, -0.2) is 0 Å². The molecule has 3 rings (SSSR count). The van der Waals surface area contributed by atoms with Crippen LogP contribution in [0.1, 0.15) is 49.8 Å². The van der Waals surface area contributed by atoms with Gasteiger partial charge in [0.15, 0.2) is 0 Å². The molecule has 1 aromatic heterocycles. The molecule has 2 N–H and O–H groups in total. The average molecular weight is 303 g/mol. The molecule has 4 heteroatoms. The van der Waals surface area contributed by atoms with Gasteiger partial charge >= 0.3 is 0 Å². The Hall–Kier alpha value is -0.970. The minimum absolute atomic E-state index is 0.101. The first-order valence-corrected chi connectivity index (χ1v) is 8.80. The molecule has 1 saturated carbocycles. The summed E-state index contributed by atoms with van der Waals surface area (Å²) in [6.07, 6.45) is 8.76. The molecule has 1 aromatic rings. The molecule has 0 spiro atoms. The fourth-order valence-electron chi connectivity index (χ4n) is 3.91. The van der Waals surface area contributed by atoms with Gasteiger partial charge in [-0.3, -0.25) is 9.88 Å². The first kappa shape index (κ1) is 15.9. The predicted octanol–water partition coefficient (Wildman–Crippen LogP) is 2.25. The number of aliphatic hydroxyl groups is 1. The number of nitrogens with one attached hydrogen (secondary N) is 1. The third kappa shape index (κ3) is 3.86. The SMILES string of the molecule is Cc1ncccc1CNC1CCN(C2CCCCC2O)CC1. The van der Waals surface area contributed by atoms with E-state index in [0.29, 0.717) is 12.1 Å². The van der Waals surface area contributed by atoms with Crippen molar-refractivity contribution in [3.05, 3.63) is 29.6 Å². The standard InChI is InChI=1S/C18H29N3O/c1-14-15(5-4-10-19-14)13-20-16-8-11-21(12-9-16)17-6-2-3-7-18(17)22/h4-5,10,16-18,20,22H,2-3,6-9,11-13H2,1H3. The van der Waals surface area contributed by atoms with Crippen LogP contribution in [0.15, 0.2) is 18.3 Å². The molecule has 4 nitrogen and oxygen atoms in total. The van der Waals surface area contributed by atoms with E-state index in [1.54, 1.807) is 0 Å². The summed E-state index contributed by atoms with van der Waals surface area (Å²) in [6, 6.07) is 5.17. The van der Waals surface area contributed by atoms with Crippen molar-refractivity contribution in [1.29, 1.82) is 0 Å². The van der Waals surface area contributed by atoms with E-state index in [1.807, 2.05) is 12.3 Å². The molecule has 0 aromatic carbocycles. The van der Waals surface area contributed by atoms with Gasteiger partial charge in [0.2, 0.25) is 0 Å². The smallest absolute Gasteiger partial charge is 0.0695 e. The number of nitrogens with zero attached hydrogens (tertiary/aromatic N) is 2. The first-order valence-electron chi connectivity index (χ1n) is 8.80. The molecular formula is C18H29N3O. The second-order valence-electron chi connectivity index (χ2n) is 6.86. The lowest BCUT2D eigenvalue weighted by Crippen LogP contribution is -2.51. The van der Waals surface area contributed by atoms with Crippen LogP contribution in [0.4, 0.5) is 0 Å². The Labute approximate surface area is 133 Å². The topological polar surface area (TPSA) is 48.4 Å². The number of aliphatic hydroxyl groups excluding tert-OH is 1. The van der Waals surface area contributed by atoms with Crippen LogP contribution in [0.2, 0.25) is 0 Å². The van der Waals surface area contributed by atoms with Crippen molar-refractivity contribution in [2.24, 2.45) is 0 Å². The number of hydrogen-bond donors (Lipinski definition) is 2. The minimum Gasteiger partial charge on any atom is -0.391 e. The first-order chi connectivity index (χ1) is 10.7. The van der Waals surface area contributed by atoms with Gasteiger partial charge in [-0.2, -0.15) is 0 Å². The van der Waals surface area contributed by atoms with Crippen molar-refractivity contribution < 1.29 is 5.11 Å². The number of pyridine rings is 1. The van der Waals surface area contributed by atoms with E-state index < -0.39 is 0 Å². The highest BCUT2D eigenvalue weighted by Crippen LogP contribution is 2.26. The monoisotopic (exact) mass is 303 g/mol. The molecule has 2 atom stereocenters. The van der Waals surface area contributed by atoms with Crippen molar-refractivity contribution in [3.63, 3.8) is 0 Å². The van der Waals surface area contributed by atoms with Crippen LogP contribution in [0.3, 0.4) is 0 Å². The highest BCUT2D eigenvalue weighted by atomic mass is 16.3. The molecule has 0 bridgehead atoms. The minimum atomic E-state index is -0.101. The summed E-state index contributed by atoms with van der Waals surface area (Å²) in [6.45, 7) is 5.22. The summed E-state index contributed by atoms with van der Waals surface area (Å²) in [5.41, 5.74) is 2.42. The molecule has 2 heterocycles. The van der Waals surface area contributed by atoms with E-state index in [9.17, 15) is 5.11 Å². The van der Waals surface area contributed by atoms with Crippen molar-refractivity contribution >= 4 is 0 Å². The van der Waals surface area contributed by atoms with Crippen LogP contribution >= 0.6 is 0 Å². The van der Waals surface area contributed by atoms with E-state index in [2.05, 4.69) is 28.2 Å². The summed E-state index contributed by atoms with van der Waals surface area (Å²) < 4.78 is 0. The Balaban J connectivity index is 1.45. The number of rotatable bonds is 4. The summed E-state index contributed by atoms with van der Waals surface area (Å²) in [4.78, 5) is 6.87. The molecule has 0 radical (unpaired) electrons. The summed E-state index contributed by atoms with van der Waals surface area (Å²) >= 11 is 0. The molecule has 1 aliphatic heterocycles. The van der Waals surface area contributed by atoms with E-state index in [4.69, 9.17) is 0 Å². The third-order valence-electron chi connectivity index (χ3n) is 5.39. The number of likely N-dealkylation sites (tertiary alicyclic amines) is 1. The fourth-order valence-corrected chi connectivity index (χ4v) is 3.91.